The van der Waals surface area contributed by atoms with Gasteiger partial charge in [-0.2, -0.15) is 0 Å². The Hall–Kier alpha value is -0.880. The predicted molar refractivity (Wildman–Crippen MR) is 90.5 cm³/mol. The van der Waals surface area contributed by atoms with E-state index in [1.54, 1.807) is 0 Å². The van der Waals surface area contributed by atoms with Crippen molar-refractivity contribution in [2.45, 2.75) is 25.3 Å². The molecule has 1 aromatic rings. The third kappa shape index (κ3) is 4.32. The minimum Gasteiger partial charge on any atom is -0.508 e. The predicted octanol–water partition coefficient (Wildman–Crippen LogP) is 2.39. The number of nitrogens with one attached hydrogen (secondary N) is 1. The molecule has 2 fully saturated rings. The van der Waals surface area contributed by atoms with Gasteiger partial charge in [0.25, 0.3) is 0 Å². The van der Waals surface area contributed by atoms with Gasteiger partial charge in [-0.05, 0) is 12.3 Å². The average molecular weight is 351 g/mol. The van der Waals surface area contributed by atoms with E-state index in [1.807, 2.05) is 0 Å². The van der Waals surface area contributed by atoms with Crippen LogP contribution in [0.5, 0.6) is 17.2 Å². The van der Waals surface area contributed by atoms with Gasteiger partial charge >= 0.3 is 0 Å². The molecule has 3 rings (SSSR count). The fourth-order valence-corrected chi connectivity index (χ4v) is 3.06. The number of hydrogen-bond donors (Lipinski definition) is 4. The van der Waals surface area contributed by atoms with Gasteiger partial charge in [-0.15, -0.1) is 24.8 Å². The molecule has 1 atom stereocenters. The van der Waals surface area contributed by atoms with Crippen molar-refractivity contribution in [1.29, 1.82) is 0 Å². The number of nitrogens with zero attached hydrogens (tertiary/aromatic N) is 1. The highest BCUT2D eigenvalue weighted by molar-refractivity contribution is 5.85. The Labute approximate surface area is 143 Å². The number of piperazine rings is 1. The van der Waals surface area contributed by atoms with Gasteiger partial charge in [-0.3, -0.25) is 4.90 Å². The van der Waals surface area contributed by atoms with Crippen LogP contribution < -0.4 is 5.32 Å². The van der Waals surface area contributed by atoms with Gasteiger partial charge < -0.3 is 20.6 Å². The third-order valence-corrected chi connectivity index (χ3v) is 4.30. The lowest BCUT2D eigenvalue weighted by Crippen LogP contribution is -2.45. The van der Waals surface area contributed by atoms with Gasteiger partial charge in [0.15, 0.2) is 0 Å². The van der Waals surface area contributed by atoms with Crippen molar-refractivity contribution in [3.8, 4) is 17.2 Å². The standard InChI is InChI=1S/C15H22N2O3.2ClH/c18-11-8-13(19)15(14(20)9-11)12(7-10-1-2-10)17-5-3-16-4-6-17;;/h8-10,12,16,18-20H,1-7H2;2*1H/t12-;;/m0../s1. The normalized spacial score (nSPS) is 19.8. The van der Waals surface area contributed by atoms with Crippen LogP contribution in [0.4, 0.5) is 0 Å². The highest BCUT2D eigenvalue weighted by Gasteiger charge is 2.33. The first kappa shape index (κ1) is 19.2. The van der Waals surface area contributed by atoms with Crippen molar-refractivity contribution >= 4 is 24.8 Å². The Bertz CT molecular complexity index is 469. The molecular formula is C15H24Cl2N2O3. The molecule has 22 heavy (non-hydrogen) atoms. The number of halogens is 2. The summed E-state index contributed by atoms with van der Waals surface area (Å²) in [5, 5.41) is 33.1. The average Bonchev–Trinajstić information content (AvgIpc) is 3.21. The van der Waals surface area contributed by atoms with Crippen molar-refractivity contribution in [3.05, 3.63) is 17.7 Å². The van der Waals surface area contributed by atoms with Crippen molar-refractivity contribution in [1.82, 2.24) is 10.2 Å². The van der Waals surface area contributed by atoms with Crippen LogP contribution in [-0.4, -0.2) is 46.4 Å². The first-order chi connectivity index (χ1) is 9.65. The summed E-state index contributed by atoms with van der Waals surface area (Å²) in [4.78, 5) is 2.32. The molecule has 0 aromatic heterocycles. The van der Waals surface area contributed by atoms with Crippen molar-refractivity contribution in [2.75, 3.05) is 26.2 Å². The maximum atomic E-state index is 10.1. The molecule has 0 amide bonds. The molecule has 126 valence electrons. The Kier molecular flexibility index (Phi) is 7.06. The zero-order valence-corrected chi connectivity index (χ0v) is 14.0. The summed E-state index contributed by atoms with van der Waals surface area (Å²) in [5.41, 5.74) is 0.566. The lowest BCUT2D eigenvalue weighted by molar-refractivity contribution is 0.155. The molecule has 1 saturated heterocycles. The van der Waals surface area contributed by atoms with E-state index in [0.29, 0.717) is 11.5 Å². The molecule has 1 heterocycles. The quantitative estimate of drug-likeness (QED) is 0.670. The highest BCUT2D eigenvalue weighted by atomic mass is 35.5. The third-order valence-electron chi connectivity index (χ3n) is 4.30. The summed E-state index contributed by atoms with van der Waals surface area (Å²) in [6, 6.07) is 2.67. The van der Waals surface area contributed by atoms with Crippen molar-refractivity contribution in [3.63, 3.8) is 0 Å². The zero-order valence-electron chi connectivity index (χ0n) is 12.4. The molecule has 0 bridgehead atoms. The molecule has 0 spiro atoms. The van der Waals surface area contributed by atoms with E-state index in [2.05, 4.69) is 10.2 Å². The molecule has 5 nitrogen and oxygen atoms in total. The molecule has 4 N–H and O–H groups in total. The van der Waals surface area contributed by atoms with Crippen LogP contribution in [0.2, 0.25) is 0 Å². The second kappa shape index (κ2) is 8.11. The van der Waals surface area contributed by atoms with Crippen LogP contribution in [0.3, 0.4) is 0 Å². The Morgan fingerprint density at radius 3 is 2.09 bits per heavy atom. The zero-order chi connectivity index (χ0) is 14.1. The number of rotatable bonds is 4. The van der Waals surface area contributed by atoms with Gasteiger partial charge in [0.1, 0.15) is 17.2 Å². The van der Waals surface area contributed by atoms with Crippen LogP contribution in [0.1, 0.15) is 30.9 Å². The fourth-order valence-electron chi connectivity index (χ4n) is 3.06. The summed E-state index contributed by atoms with van der Waals surface area (Å²) in [7, 11) is 0. The van der Waals surface area contributed by atoms with Gasteiger partial charge in [-0.1, -0.05) is 12.8 Å². The number of benzene rings is 1. The highest BCUT2D eigenvalue weighted by Crippen LogP contribution is 2.46. The van der Waals surface area contributed by atoms with Gasteiger partial charge in [0.05, 0.1) is 5.56 Å². The Morgan fingerprint density at radius 2 is 1.59 bits per heavy atom. The Morgan fingerprint density at radius 1 is 1.05 bits per heavy atom. The number of aromatic hydroxyl groups is 3. The van der Waals surface area contributed by atoms with E-state index >= 15 is 0 Å². The maximum Gasteiger partial charge on any atom is 0.127 e. The van der Waals surface area contributed by atoms with E-state index < -0.39 is 0 Å². The van der Waals surface area contributed by atoms with Gasteiger partial charge in [0, 0.05) is 44.4 Å². The molecule has 1 aliphatic carbocycles. The largest absolute Gasteiger partial charge is 0.508 e. The number of phenolic OH excluding ortho intramolecular Hbond substituents is 3. The molecule has 0 radical (unpaired) electrons. The van der Waals surface area contributed by atoms with E-state index in [9.17, 15) is 15.3 Å². The summed E-state index contributed by atoms with van der Waals surface area (Å²) < 4.78 is 0. The molecular weight excluding hydrogens is 327 g/mol. The minimum absolute atomic E-state index is 0. The molecule has 1 aliphatic heterocycles. The summed E-state index contributed by atoms with van der Waals surface area (Å²) in [6.07, 6.45) is 3.44. The summed E-state index contributed by atoms with van der Waals surface area (Å²) in [5.74, 6) is 0.579. The fraction of sp³-hybridized carbons (Fsp3) is 0.600. The van der Waals surface area contributed by atoms with Crippen LogP contribution in [-0.2, 0) is 0 Å². The number of hydrogen-bond acceptors (Lipinski definition) is 5. The van der Waals surface area contributed by atoms with Crippen molar-refractivity contribution in [2.24, 2.45) is 5.92 Å². The summed E-state index contributed by atoms with van der Waals surface area (Å²) >= 11 is 0. The monoisotopic (exact) mass is 350 g/mol. The molecule has 1 saturated carbocycles. The maximum absolute atomic E-state index is 10.1. The van der Waals surface area contributed by atoms with E-state index in [1.165, 1.54) is 25.0 Å². The summed E-state index contributed by atoms with van der Waals surface area (Å²) in [6.45, 7) is 3.69. The first-order valence-corrected chi connectivity index (χ1v) is 7.34. The van der Waals surface area contributed by atoms with E-state index in [4.69, 9.17) is 0 Å². The minimum atomic E-state index is -0.103. The van der Waals surface area contributed by atoms with Crippen LogP contribution in [0.25, 0.3) is 0 Å². The lowest BCUT2D eigenvalue weighted by Gasteiger charge is -2.36. The van der Waals surface area contributed by atoms with E-state index in [0.717, 1.165) is 32.6 Å². The Balaban J connectivity index is 0.00000121. The lowest BCUT2D eigenvalue weighted by atomic mass is 9.96. The molecule has 7 heteroatoms. The molecule has 0 unspecified atom stereocenters. The second-order valence-corrected chi connectivity index (χ2v) is 5.88. The van der Waals surface area contributed by atoms with E-state index in [-0.39, 0.29) is 48.1 Å². The van der Waals surface area contributed by atoms with Gasteiger partial charge in [-0.25, -0.2) is 0 Å². The number of phenols is 3. The SMILES string of the molecule is Cl.Cl.Oc1cc(O)c([C@H](CC2CC2)N2CCNCC2)c(O)c1. The van der Waals surface area contributed by atoms with Crippen molar-refractivity contribution < 1.29 is 15.3 Å². The van der Waals surface area contributed by atoms with Crippen LogP contribution in [0, 0.1) is 5.92 Å². The first-order valence-electron chi connectivity index (χ1n) is 7.34. The molecule has 1 aromatic carbocycles. The smallest absolute Gasteiger partial charge is 0.127 e. The second-order valence-electron chi connectivity index (χ2n) is 5.88. The van der Waals surface area contributed by atoms with Gasteiger partial charge in [0.2, 0.25) is 0 Å². The molecule has 2 aliphatic rings. The van der Waals surface area contributed by atoms with Crippen LogP contribution in [0.15, 0.2) is 12.1 Å². The van der Waals surface area contributed by atoms with Crippen LogP contribution >= 0.6 is 24.8 Å². The topological polar surface area (TPSA) is 76.0 Å².